The summed E-state index contributed by atoms with van der Waals surface area (Å²) in [6.07, 6.45) is 8.68. The van der Waals surface area contributed by atoms with Crippen LogP contribution in [0.2, 0.25) is 0 Å². The van der Waals surface area contributed by atoms with E-state index in [1.807, 2.05) is 0 Å². The summed E-state index contributed by atoms with van der Waals surface area (Å²) >= 11 is 0. The van der Waals surface area contributed by atoms with E-state index in [2.05, 4.69) is 22.0 Å². The molecule has 4 heteroatoms. The number of carbonyl (C=O) groups is 1. The van der Waals surface area contributed by atoms with Crippen molar-refractivity contribution in [2.75, 3.05) is 39.3 Å². The van der Waals surface area contributed by atoms with Crippen LogP contribution < -0.4 is 5.32 Å². The maximum Gasteiger partial charge on any atom is 0.236 e. The normalized spacial score (nSPS) is 24.1. The molecule has 2 aliphatic rings. The minimum Gasteiger partial charge on any atom is -0.342 e. The second kappa shape index (κ2) is 8.63. The fourth-order valence-electron chi connectivity index (χ4n) is 3.38. The Morgan fingerprint density at radius 2 is 2.00 bits per heavy atom. The highest BCUT2D eigenvalue weighted by molar-refractivity contribution is 5.78. The van der Waals surface area contributed by atoms with E-state index in [1.165, 1.54) is 38.5 Å². The topological polar surface area (TPSA) is 35.6 Å². The van der Waals surface area contributed by atoms with Crippen LogP contribution in [-0.4, -0.2) is 61.0 Å². The van der Waals surface area contributed by atoms with Gasteiger partial charge in [-0.3, -0.25) is 9.69 Å². The number of hydrogen-bond acceptors (Lipinski definition) is 3. The second-order valence-corrected chi connectivity index (χ2v) is 6.32. The van der Waals surface area contributed by atoms with E-state index in [0.29, 0.717) is 18.5 Å². The van der Waals surface area contributed by atoms with Crippen LogP contribution >= 0.6 is 0 Å². The fourth-order valence-corrected chi connectivity index (χ4v) is 3.38. The van der Waals surface area contributed by atoms with E-state index in [9.17, 15) is 4.79 Å². The summed E-state index contributed by atoms with van der Waals surface area (Å²) in [5.41, 5.74) is 0. The lowest BCUT2D eigenvalue weighted by molar-refractivity contribution is -0.133. The molecule has 0 saturated carbocycles. The standard InChI is InChI=1S/C16H31N3O/c1-2-10-18(13-15-8-4-5-9-17-15)14-16(20)19-11-6-3-7-12-19/h15,17H,2-14H2,1H3. The highest BCUT2D eigenvalue weighted by atomic mass is 16.2. The summed E-state index contributed by atoms with van der Waals surface area (Å²) in [5.74, 6) is 0.342. The molecule has 1 amide bonds. The average molecular weight is 281 g/mol. The quantitative estimate of drug-likeness (QED) is 0.807. The molecule has 0 aromatic heterocycles. The first kappa shape index (κ1) is 15.8. The first-order valence-electron chi connectivity index (χ1n) is 8.53. The van der Waals surface area contributed by atoms with Gasteiger partial charge in [-0.2, -0.15) is 0 Å². The highest BCUT2D eigenvalue weighted by Crippen LogP contribution is 2.11. The van der Waals surface area contributed by atoms with E-state index >= 15 is 0 Å². The number of nitrogens with zero attached hydrogens (tertiary/aromatic N) is 2. The van der Waals surface area contributed by atoms with Gasteiger partial charge in [0.25, 0.3) is 0 Å². The van der Waals surface area contributed by atoms with Gasteiger partial charge < -0.3 is 10.2 Å². The van der Waals surface area contributed by atoms with Crippen LogP contribution in [0.1, 0.15) is 51.9 Å². The molecule has 2 fully saturated rings. The van der Waals surface area contributed by atoms with Gasteiger partial charge in [-0.15, -0.1) is 0 Å². The first-order chi connectivity index (χ1) is 9.79. The van der Waals surface area contributed by atoms with Gasteiger partial charge in [-0.1, -0.05) is 13.3 Å². The Hall–Kier alpha value is -0.610. The summed E-state index contributed by atoms with van der Waals surface area (Å²) < 4.78 is 0. The molecule has 2 rings (SSSR count). The van der Waals surface area contributed by atoms with E-state index in [4.69, 9.17) is 0 Å². The van der Waals surface area contributed by atoms with Gasteiger partial charge in [0.15, 0.2) is 0 Å². The molecule has 4 nitrogen and oxygen atoms in total. The Kier molecular flexibility index (Phi) is 6.80. The Morgan fingerprint density at radius 1 is 1.20 bits per heavy atom. The molecule has 0 aromatic rings. The molecule has 20 heavy (non-hydrogen) atoms. The molecular formula is C16H31N3O. The Bertz CT molecular complexity index is 283. The molecule has 1 atom stereocenters. The molecule has 1 unspecified atom stereocenters. The monoisotopic (exact) mass is 281 g/mol. The molecular weight excluding hydrogens is 250 g/mol. The first-order valence-corrected chi connectivity index (χ1v) is 8.53. The zero-order valence-electron chi connectivity index (χ0n) is 13.1. The third-order valence-electron chi connectivity index (χ3n) is 4.50. The maximum absolute atomic E-state index is 12.4. The van der Waals surface area contributed by atoms with Gasteiger partial charge in [0, 0.05) is 25.7 Å². The number of piperidine rings is 2. The molecule has 2 aliphatic heterocycles. The summed E-state index contributed by atoms with van der Waals surface area (Å²) in [6.45, 7) is 7.98. The van der Waals surface area contributed by atoms with Gasteiger partial charge in [0.05, 0.1) is 6.54 Å². The van der Waals surface area contributed by atoms with Gasteiger partial charge in [0.2, 0.25) is 5.91 Å². The number of amides is 1. The Morgan fingerprint density at radius 3 is 2.65 bits per heavy atom. The van der Waals surface area contributed by atoms with Crippen molar-refractivity contribution in [2.24, 2.45) is 0 Å². The number of carbonyl (C=O) groups excluding carboxylic acids is 1. The molecule has 116 valence electrons. The van der Waals surface area contributed by atoms with Crippen LogP contribution in [0.5, 0.6) is 0 Å². The predicted molar refractivity (Wildman–Crippen MR) is 82.8 cm³/mol. The average Bonchev–Trinajstić information content (AvgIpc) is 2.49. The molecule has 2 heterocycles. The van der Waals surface area contributed by atoms with Crippen LogP contribution in [0.4, 0.5) is 0 Å². The number of hydrogen-bond donors (Lipinski definition) is 1. The zero-order chi connectivity index (χ0) is 14.2. The van der Waals surface area contributed by atoms with Crippen molar-refractivity contribution < 1.29 is 4.79 Å². The Labute approximate surface area is 123 Å². The molecule has 0 aromatic carbocycles. The minimum atomic E-state index is 0.342. The van der Waals surface area contributed by atoms with Gasteiger partial charge >= 0.3 is 0 Å². The number of rotatable bonds is 6. The lowest BCUT2D eigenvalue weighted by Gasteiger charge is -2.33. The van der Waals surface area contributed by atoms with Crippen molar-refractivity contribution in [1.82, 2.24) is 15.1 Å². The molecule has 2 saturated heterocycles. The minimum absolute atomic E-state index is 0.342. The zero-order valence-corrected chi connectivity index (χ0v) is 13.1. The number of likely N-dealkylation sites (tertiary alicyclic amines) is 1. The third-order valence-corrected chi connectivity index (χ3v) is 4.50. The van der Waals surface area contributed by atoms with Crippen LogP contribution in [0.15, 0.2) is 0 Å². The van der Waals surface area contributed by atoms with Crippen molar-refractivity contribution in [2.45, 2.75) is 57.9 Å². The predicted octanol–water partition coefficient (Wildman–Crippen LogP) is 1.85. The Balaban J connectivity index is 1.79. The highest BCUT2D eigenvalue weighted by Gasteiger charge is 2.21. The van der Waals surface area contributed by atoms with Crippen LogP contribution in [0, 0.1) is 0 Å². The molecule has 0 radical (unpaired) electrons. The molecule has 0 spiro atoms. The lowest BCUT2D eigenvalue weighted by Crippen LogP contribution is -2.48. The van der Waals surface area contributed by atoms with Crippen molar-refractivity contribution in [1.29, 1.82) is 0 Å². The maximum atomic E-state index is 12.4. The summed E-state index contributed by atoms with van der Waals surface area (Å²) in [6, 6.07) is 0.587. The SMILES string of the molecule is CCCN(CC(=O)N1CCCCC1)CC1CCCCN1. The van der Waals surface area contributed by atoms with Crippen LogP contribution in [-0.2, 0) is 4.79 Å². The summed E-state index contributed by atoms with van der Waals surface area (Å²) in [7, 11) is 0. The molecule has 1 N–H and O–H groups in total. The van der Waals surface area contributed by atoms with Crippen LogP contribution in [0.25, 0.3) is 0 Å². The van der Waals surface area contributed by atoms with Gasteiger partial charge in [-0.05, 0) is 51.6 Å². The molecule has 0 aliphatic carbocycles. The van der Waals surface area contributed by atoms with Crippen molar-refractivity contribution in [3.8, 4) is 0 Å². The van der Waals surface area contributed by atoms with E-state index < -0.39 is 0 Å². The van der Waals surface area contributed by atoms with E-state index in [0.717, 1.165) is 39.1 Å². The summed E-state index contributed by atoms with van der Waals surface area (Å²) in [5, 5.41) is 3.59. The smallest absolute Gasteiger partial charge is 0.236 e. The van der Waals surface area contributed by atoms with E-state index in [1.54, 1.807) is 0 Å². The van der Waals surface area contributed by atoms with Gasteiger partial charge in [-0.25, -0.2) is 0 Å². The number of nitrogens with one attached hydrogen (secondary N) is 1. The second-order valence-electron chi connectivity index (χ2n) is 6.32. The fraction of sp³-hybridized carbons (Fsp3) is 0.938. The lowest BCUT2D eigenvalue weighted by atomic mass is 10.0. The van der Waals surface area contributed by atoms with Crippen molar-refractivity contribution in [3.63, 3.8) is 0 Å². The van der Waals surface area contributed by atoms with Crippen LogP contribution in [0.3, 0.4) is 0 Å². The third kappa shape index (κ3) is 5.06. The summed E-state index contributed by atoms with van der Waals surface area (Å²) in [4.78, 5) is 16.8. The largest absolute Gasteiger partial charge is 0.342 e. The molecule has 0 bridgehead atoms. The van der Waals surface area contributed by atoms with Gasteiger partial charge in [0.1, 0.15) is 0 Å². The van der Waals surface area contributed by atoms with E-state index in [-0.39, 0.29) is 0 Å². The van der Waals surface area contributed by atoms with Crippen molar-refractivity contribution in [3.05, 3.63) is 0 Å². The van der Waals surface area contributed by atoms with Crippen molar-refractivity contribution >= 4 is 5.91 Å².